The summed E-state index contributed by atoms with van der Waals surface area (Å²) in [5.41, 5.74) is 15.5. The molecule has 92 heavy (non-hydrogen) atoms. The molecule has 8 rings (SSSR count). The lowest BCUT2D eigenvalue weighted by Crippen LogP contribution is -2.48. The average molecular weight is 1270 g/mol. The average Bonchev–Trinajstić information content (AvgIpc) is 0.765. The summed E-state index contributed by atoms with van der Waals surface area (Å²) in [5, 5.41) is 22.7. The van der Waals surface area contributed by atoms with Gasteiger partial charge in [0.1, 0.15) is 12.1 Å². The second-order valence-corrected chi connectivity index (χ2v) is 22.0. The van der Waals surface area contributed by atoms with Gasteiger partial charge in [0.2, 0.25) is 23.6 Å². The molecule has 0 aliphatic heterocycles. The highest BCUT2D eigenvalue weighted by Crippen LogP contribution is 2.38. The highest BCUT2D eigenvalue weighted by Gasteiger charge is 2.25. The molecule has 8 aromatic carbocycles. The van der Waals surface area contributed by atoms with E-state index in [2.05, 4.69) is 125 Å². The number of hydrogen-bond acceptors (Lipinski definition) is 18. The summed E-state index contributed by atoms with van der Waals surface area (Å²) in [4.78, 5) is 58.7. The molecule has 0 radical (unpaired) electrons. The van der Waals surface area contributed by atoms with Crippen LogP contribution in [0, 0.1) is 0 Å². The summed E-state index contributed by atoms with van der Waals surface area (Å²) in [6.45, 7) is 10.0. The van der Waals surface area contributed by atoms with E-state index in [9.17, 15) is 19.2 Å². The molecule has 4 amide bonds. The van der Waals surface area contributed by atoms with Crippen LogP contribution >= 0.6 is 0 Å². The number of benzene rings is 8. The van der Waals surface area contributed by atoms with Crippen molar-refractivity contribution in [3.05, 3.63) is 120 Å². The second kappa shape index (κ2) is 41.0. The van der Waals surface area contributed by atoms with Crippen LogP contribution in [0.1, 0.15) is 36.8 Å². The first-order chi connectivity index (χ1) is 45.3. The zero-order chi connectivity index (χ0) is 64.2. The van der Waals surface area contributed by atoms with Gasteiger partial charge in [0.15, 0.2) is 0 Å². The van der Waals surface area contributed by atoms with Crippen molar-refractivity contribution in [1.82, 2.24) is 21.4 Å². The molecule has 22 heteroatoms. The summed E-state index contributed by atoms with van der Waals surface area (Å²) >= 11 is 0. The fraction of sp³-hybridized carbons (Fsp3) is 0.486. The molecule has 0 aliphatic rings. The maximum atomic E-state index is 14.1. The quantitative estimate of drug-likeness (QED) is 0.0144. The molecule has 0 heterocycles. The van der Waals surface area contributed by atoms with E-state index < -0.39 is 18.0 Å². The molecule has 0 saturated heterocycles. The Morgan fingerprint density at radius 2 is 0.717 bits per heavy atom. The van der Waals surface area contributed by atoms with Crippen molar-refractivity contribution >= 4 is 88.3 Å². The van der Waals surface area contributed by atoms with E-state index in [1.54, 1.807) is 0 Å². The number of primary amides is 1. The molecule has 0 spiro atoms. The van der Waals surface area contributed by atoms with E-state index >= 15 is 0 Å². The van der Waals surface area contributed by atoms with Gasteiger partial charge < -0.3 is 79.5 Å². The number of hydrogen-bond donors (Lipinski definition) is 6. The Labute approximate surface area is 537 Å². The maximum absolute atomic E-state index is 14.1. The number of rotatable bonds is 52. The molecule has 498 valence electrons. The van der Waals surface area contributed by atoms with E-state index in [-0.39, 0.29) is 70.0 Å². The number of ether oxygens (including phenoxy) is 11. The van der Waals surface area contributed by atoms with E-state index in [0.717, 1.165) is 65.0 Å². The minimum Gasteiger partial charge on any atom is -0.379 e. The van der Waals surface area contributed by atoms with Crippen LogP contribution in [0.4, 0.5) is 0 Å². The van der Waals surface area contributed by atoms with Crippen LogP contribution in [0.15, 0.2) is 109 Å². The van der Waals surface area contributed by atoms with E-state index in [1.807, 2.05) is 6.07 Å². The first-order valence-electron chi connectivity index (χ1n) is 32.2. The van der Waals surface area contributed by atoms with Crippen molar-refractivity contribution in [3.63, 3.8) is 0 Å². The lowest BCUT2D eigenvalue weighted by atomic mass is 9.90. The highest BCUT2D eigenvalue weighted by atomic mass is 16.7. The molecular weight excluding hydrogens is 1180 g/mol. The standard InChI is InChI=1S/C70H92N6O16/c71-23-27-82-30-33-85-36-39-88-43-44-90-45-46-91-47-48-92-76-62(50-58-17-15-56-13-11-52-6-4-8-54-19-21-60(58)68(56)66(52)54)70(80)73-24-2-1-9-64(78)75-61(49-57-16-14-55-12-10-51-5-3-7-53-18-20-59(57)67(55)65(51)53)69(79)74-25-28-83-31-34-86-37-40-89-42-41-87-38-35-84-32-29-81-26-22-63(72)77/h3-8,10-21,61-62,76H,1-2,9,22-50,71H2,(H2,72,77)(H,73,80)(H,74,79)(H,75,78)/t61-,62-/m0/s1. The van der Waals surface area contributed by atoms with Gasteiger partial charge in [0.25, 0.3) is 0 Å². The Morgan fingerprint density at radius 1 is 0.359 bits per heavy atom. The van der Waals surface area contributed by atoms with Crippen molar-refractivity contribution in [1.29, 1.82) is 0 Å². The number of nitrogens with one attached hydrogen (secondary N) is 4. The second-order valence-electron chi connectivity index (χ2n) is 22.0. The Bertz CT molecular complexity index is 3420. The number of unbranched alkanes of at least 4 members (excludes halogenated alkanes) is 1. The van der Waals surface area contributed by atoms with Crippen LogP contribution in [0.5, 0.6) is 0 Å². The number of amides is 4. The van der Waals surface area contributed by atoms with Gasteiger partial charge in [0.05, 0.1) is 152 Å². The number of nitrogens with two attached hydrogens (primary N) is 2. The first-order valence-corrected chi connectivity index (χ1v) is 32.2. The number of carbonyl (C=O) groups is 4. The molecule has 2 atom stereocenters. The van der Waals surface area contributed by atoms with Crippen molar-refractivity contribution in [2.75, 3.05) is 172 Å². The van der Waals surface area contributed by atoms with Gasteiger partial charge in [-0.2, -0.15) is 5.48 Å². The Balaban J connectivity index is 0.771. The summed E-state index contributed by atoms with van der Waals surface area (Å²) in [6, 6.07) is 36.3. The fourth-order valence-electron chi connectivity index (χ4n) is 10.9. The molecule has 0 fully saturated rings. The van der Waals surface area contributed by atoms with Crippen molar-refractivity contribution in [2.45, 2.75) is 50.6 Å². The molecule has 8 N–H and O–H groups in total. The van der Waals surface area contributed by atoms with Crippen molar-refractivity contribution < 1.29 is 76.1 Å². The van der Waals surface area contributed by atoms with Gasteiger partial charge in [0, 0.05) is 38.9 Å². The van der Waals surface area contributed by atoms with E-state index in [4.69, 9.17) is 68.4 Å². The van der Waals surface area contributed by atoms with Gasteiger partial charge in [-0.15, -0.1) is 0 Å². The smallest absolute Gasteiger partial charge is 0.243 e. The van der Waals surface area contributed by atoms with Crippen LogP contribution in [-0.4, -0.2) is 207 Å². The van der Waals surface area contributed by atoms with E-state index in [0.29, 0.717) is 158 Å². The van der Waals surface area contributed by atoms with Gasteiger partial charge >= 0.3 is 0 Å². The molecule has 0 bridgehead atoms. The summed E-state index contributed by atoms with van der Waals surface area (Å²) in [5.74, 6) is -1.24. The first kappa shape index (κ1) is 71.0. The zero-order valence-electron chi connectivity index (χ0n) is 52.9. The third-order valence-corrected chi connectivity index (χ3v) is 15.4. The van der Waals surface area contributed by atoms with Crippen LogP contribution in [-0.2, 0) is 89.0 Å². The normalized spacial score (nSPS) is 12.5. The molecule has 22 nitrogen and oxygen atoms in total. The van der Waals surface area contributed by atoms with Gasteiger partial charge in [-0.3, -0.25) is 24.0 Å². The zero-order valence-corrected chi connectivity index (χ0v) is 52.9. The highest BCUT2D eigenvalue weighted by molar-refractivity contribution is 6.24. The Kier molecular flexibility index (Phi) is 31.6. The van der Waals surface area contributed by atoms with Gasteiger partial charge in [-0.25, -0.2) is 0 Å². The van der Waals surface area contributed by atoms with Crippen LogP contribution in [0.2, 0.25) is 0 Å². The third kappa shape index (κ3) is 23.3. The molecular formula is C70H92N6O16. The molecule has 0 aliphatic carbocycles. The summed E-state index contributed by atoms with van der Waals surface area (Å²) in [6.07, 6.45) is 1.92. The third-order valence-electron chi connectivity index (χ3n) is 15.4. The van der Waals surface area contributed by atoms with Gasteiger partial charge in [-0.05, 0) is 95.0 Å². The predicted molar refractivity (Wildman–Crippen MR) is 354 cm³/mol. The van der Waals surface area contributed by atoms with Crippen LogP contribution in [0.25, 0.3) is 64.6 Å². The SMILES string of the molecule is NCCOCCOCCOCCOCCOCCON[C@@H](Cc1ccc2ccc3cccc4ccc1c2c34)C(=O)NCCCCC(=O)N[C@@H](Cc1ccc2ccc3cccc4ccc1c2c34)C(=O)NCCOCCOCCOCCOCCOCCOCCC(N)=O. The van der Waals surface area contributed by atoms with Crippen LogP contribution < -0.4 is 32.9 Å². The predicted octanol–water partition coefficient (Wildman–Crippen LogP) is 6.06. The molecule has 0 aromatic heterocycles. The van der Waals surface area contributed by atoms with E-state index in [1.165, 1.54) is 10.8 Å². The largest absolute Gasteiger partial charge is 0.379 e. The Hall–Kier alpha value is -6.84. The summed E-state index contributed by atoms with van der Waals surface area (Å²) in [7, 11) is 0. The Morgan fingerprint density at radius 3 is 1.16 bits per heavy atom. The van der Waals surface area contributed by atoms with Crippen molar-refractivity contribution in [3.8, 4) is 0 Å². The lowest BCUT2D eigenvalue weighted by Gasteiger charge is -2.21. The minimum absolute atomic E-state index is 0.143. The molecule has 8 aromatic rings. The number of hydroxylamine groups is 1. The summed E-state index contributed by atoms with van der Waals surface area (Å²) < 4.78 is 60.9. The molecule has 0 unspecified atom stereocenters. The maximum Gasteiger partial charge on any atom is 0.243 e. The lowest BCUT2D eigenvalue weighted by molar-refractivity contribution is -0.129. The topological polar surface area (TPSA) is 279 Å². The van der Waals surface area contributed by atoms with Crippen molar-refractivity contribution in [2.24, 2.45) is 11.5 Å². The molecule has 0 saturated carbocycles. The fourth-order valence-corrected chi connectivity index (χ4v) is 10.9. The number of carbonyl (C=O) groups excluding carboxylic acids is 4. The monoisotopic (exact) mass is 1270 g/mol. The minimum atomic E-state index is -0.875. The van der Waals surface area contributed by atoms with Gasteiger partial charge in [-0.1, -0.05) is 109 Å². The van der Waals surface area contributed by atoms with Crippen LogP contribution in [0.3, 0.4) is 0 Å².